The smallest absolute Gasteiger partial charge is 0.194 e. The molecule has 0 aromatic heterocycles. The van der Waals surface area contributed by atoms with Crippen molar-refractivity contribution in [1.82, 2.24) is 4.90 Å². The predicted molar refractivity (Wildman–Crippen MR) is 78.9 cm³/mol. The Morgan fingerprint density at radius 2 is 1.62 bits per heavy atom. The Bertz CT molecular complexity index is 822. The summed E-state index contributed by atoms with van der Waals surface area (Å²) in [4.78, 5) is 5.29. The monoisotopic (exact) mass is 339 g/mol. The molecule has 2 unspecified atom stereocenters. The maximum Gasteiger partial charge on any atom is 0.194 e. The van der Waals surface area contributed by atoms with Crippen molar-refractivity contribution in [2.45, 2.75) is 11.8 Å². The van der Waals surface area contributed by atoms with Crippen LogP contribution in [0.5, 0.6) is 0 Å². The van der Waals surface area contributed by atoms with Gasteiger partial charge in [0.15, 0.2) is 29.4 Å². The van der Waals surface area contributed by atoms with Crippen LogP contribution >= 0.6 is 0 Å². The van der Waals surface area contributed by atoms with Crippen LogP contribution in [-0.2, 0) is 5.54 Å². The van der Waals surface area contributed by atoms with Crippen LogP contribution in [0.2, 0.25) is 0 Å². The predicted octanol–water partition coefficient (Wildman–Crippen LogP) is 2.07. The van der Waals surface area contributed by atoms with Gasteiger partial charge in [0.05, 0.1) is 0 Å². The average Bonchev–Trinajstić information content (AvgIpc) is 2.74. The lowest BCUT2D eigenvalue weighted by atomic mass is 9.82. The number of hydrogen-bond donors (Lipinski definition) is 2. The number of hydrogen-bond acceptors (Lipinski definition) is 4. The van der Waals surface area contributed by atoms with E-state index in [2.05, 4.69) is 4.99 Å². The van der Waals surface area contributed by atoms with Crippen LogP contribution in [-0.4, -0.2) is 29.2 Å². The van der Waals surface area contributed by atoms with Gasteiger partial charge in [-0.25, -0.2) is 22.6 Å². The number of aliphatic hydroxyl groups excluding tert-OH is 1. The fourth-order valence-corrected chi connectivity index (χ4v) is 2.82. The number of likely N-dealkylation sites (N-methyl/N-ethyl adjacent to an activating group) is 1. The highest BCUT2D eigenvalue weighted by molar-refractivity contribution is 5.82. The van der Waals surface area contributed by atoms with E-state index in [1.54, 1.807) is 0 Å². The largest absolute Gasteiger partial charge is 0.370 e. The molecule has 24 heavy (non-hydrogen) atoms. The van der Waals surface area contributed by atoms with Crippen molar-refractivity contribution in [2.24, 2.45) is 10.7 Å². The number of aliphatic hydroxyl groups is 1. The summed E-state index contributed by atoms with van der Waals surface area (Å²) < 4.78 is 54.3. The zero-order valence-electron chi connectivity index (χ0n) is 12.5. The number of nitrogens with zero attached hydrogens (tertiary/aromatic N) is 2. The van der Waals surface area contributed by atoms with Crippen LogP contribution < -0.4 is 5.73 Å². The van der Waals surface area contributed by atoms with E-state index in [1.165, 1.54) is 18.0 Å². The summed E-state index contributed by atoms with van der Waals surface area (Å²) in [7, 11) is 1.42. The standard InChI is InChI=1S/C16H13F4N3O/c1-23-14(24)16(22-15(23)21,8-2-3-12(19)13(20)6-8)9-4-10(17)7-11(18)5-9/h2-7,14,24H,1H3,(H2,21,22). The van der Waals surface area contributed by atoms with E-state index >= 15 is 0 Å². The minimum Gasteiger partial charge on any atom is -0.370 e. The van der Waals surface area contributed by atoms with Gasteiger partial charge in [-0.05, 0) is 35.4 Å². The first-order chi connectivity index (χ1) is 11.3. The van der Waals surface area contributed by atoms with Gasteiger partial charge in [-0.2, -0.15) is 0 Å². The van der Waals surface area contributed by atoms with Gasteiger partial charge in [0.1, 0.15) is 11.6 Å². The molecule has 0 saturated heterocycles. The molecular formula is C16H13F4N3O. The van der Waals surface area contributed by atoms with Gasteiger partial charge >= 0.3 is 0 Å². The molecule has 3 rings (SSSR count). The van der Waals surface area contributed by atoms with E-state index in [-0.39, 0.29) is 17.1 Å². The summed E-state index contributed by atoms with van der Waals surface area (Å²) in [6.45, 7) is 0. The Labute approximate surface area is 134 Å². The summed E-state index contributed by atoms with van der Waals surface area (Å²) >= 11 is 0. The van der Waals surface area contributed by atoms with Crippen LogP contribution in [0, 0.1) is 23.3 Å². The molecule has 0 saturated carbocycles. The third kappa shape index (κ3) is 2.30. The van der Waals surface area contributed by atoms with Gasteiger partial charge in [-0.1, -0.05) is 6.07 Å². The van der Waals surface area contributed by atoms with Crippen molar-refractivity contribution in [2.75, 3.05) is 7.05 Å². The van der Waals surface area contributed by atoms with Gasteiger partial charge < -0.3 is 15.7 Å². The molecule has 2 atom stereocenters. The maximum atomic E-state index is 13.7. The highest BCUT2D eigenvalue weighted by Gasteiger charge is 2.49. The molecule has 1 aliphatic rings. The summed E-state index contributed by atoms with van der Waals surface area (Å²) in [5.74, 6) is -4.20. The van der Waals surface area contributed by atoms with E-state index in [4.69, 9.17) is 5.73 Å². The molecule has 0 fully saturated rings. The number of aliphatic imine (C=N–C) groups is 1. The fraction of sp³-hybridized carbons (Fsp3) is 0.188. The molecule has 0 amide bonds. The van der Waals surface area contributed by atoms with E-state index in [1.807, 2.05) is 0 Å². The highest BCUT2D eigenvalue weighted by atomic mass is 19.2. The molecule has 3 N–H and O–H groups in total. The summed E-state index contributed by atoms with van der Waals surface area (Å²) in [5, 5.41) is 10.6. The van der Waals surface area contributed by atoms with E-state index < -0.39 is 35.0 Å². The second kappa shape index (κ2) is 5.48. The normalized spacial score (nSPS) is 23.5. The number of rotatable bonds is 2. The first kappa shape index (κ1) is 16.3. The Hall–Kier alpha value is -2.61. The van der Waals surface area contributed by atoms with E-state index in [0.717, 1.165) is 24.3 Å². The third-order valence-electron chi connectivity index (χ3n) is 4.06. The lowest BCUT2D eigenvalue weighted by Crippen LogP contribution is -2.45. The summed E-state index contributed by atoms with van der Waals surface area (Å²) in [6, 6.07) is 5.42. The number of guanidine groups is 1. The van der Waals surface area contributed by atoms with Crippen molar-refractivity contribution in [3.63, 3.8) is 0 Å². The highest BCUT2D eigenvalue weighted by Crippen LogP contribution is 2.42. The van der Waals surface area contributed by atoms with Gasteiger partial charge in [-0.15, -0.1) is 0 Å². The molecule has 8 heteroatoms. The molecule has 1 heterocycles. The molecular weight excluding hydrogens is 326 g/mol. The zero-order valence-corrected chi connectivity index (χ0v) is 12.5. The first-order valence-electron chi connectivity index (χ1n) is 6.94. The van der Waals surface area contributed by atoms with Crippen LogP contribution in [0.25, 0.3) is 0 Å². The van der Waals surface area contributed by atoms with E-state index in [9.17, 15) is 22.7 Å². The van der Waals surface area contributed by atoms with Crippen LogP contribution in [0.3, 0.4) is 0 Å². The topological polar surface area (TPSA) is 61.8 Å². The quantitative estimate of drug-likeness (QED) is 0.824. The Kier molecular flexibility index (Phi) is 3.71. The van der Waals surface area contributed by atoms with Gasteiger partial charge in [0, 0.05) is 13.1 Å². The molecule has 1 aliphatic heterocycles. The molecule has 0 radical (unpaired) electrons. The number of nitrogens with two attached hydrogens (primary N) is 1. The molecule has 2 aromatic rings. The molecule has 0 bridgehead atoms. The lowest BCUT2D eigenvalue weighted by Gasteiger charge is -2.33. The van der Waals surface area contributed by atoms with Crippen LogP contribution in [0.4, 0.5) is 17.6 Å². The third-order valence-corrected chi connectivity index (χ3v) is 4.06. The molecule has 2 aromatic carbocycles. The SMILES string of the molecule is CN1C(N)=NC(c2cc(F)cc(F)c2)(c2ccc(F)c(F)c2)C1O. The minimum atomic E-state index is -1.80. The van der Waals surface area contributed by atoms with Crippen molar-refractivity contribution in [3.8, 4) is 0 Å². The Morgan fingerprint density at radius 3 is 2.12 bits per heavy atom. The summed E-state index contributed by atoms with van der Waals surface area (Å²) in [6.07, 6.45) is -1.47. The molecule has 0 spiro atoms. The van der Waals surface area contributed by atoms with Gasteiger partial charge in [0.25, 0.3) is 0 Å². The molecule has 126 valence electrons. The van der Waals surface area contributed by atoms with Crippen LogP contribution in [0.15, 0.2) is 41.4 Å². The zero-order chi connectivity index (χ0) is 17.6. The lowest BCUT2D eigenvalue weighted by molar-refractivity contribution is 0.0308. The van der Waals surface area contributed by atoms with Crippen molar-refractivity contribution in [3.05, 3.63) is 70.8 Å². The maximum absolute atomic E-state index is 13.7. The van der Waals surface area contributed by atoms with E-state index in [0.29, 0.717) is 6.07 Å². The fourth-order valence-electron chi connectivity index (χ4n) is 2.82. The van der Waals surface area contributed by atoms with Gasteiger partial charge in [0.2, 0.25) is 0 Å². The van der Waals surface area contributed by atoms with Gasteiger partial charge in [-0.3, -0.25) is 0 Å². The van der Waals surface area contributed by atoms with Crippen LogP contribution in [0.1, 0.15) is 11.1 Å². The number of benzene rings is 2. The Balaban J connectivity index is 2.32. The van der Waals surface area contributed by atoms with Crippen molar-refractivity contribution in [1.29, 1.82) is 0 Å². The summed E-state index contributed by atoms with van der Waals surface area (Å²) in [5.41, 5.74) is 3.86. The minimum absolute atomic E-state index is 0.00574. The molecule has 4 nitrogen and oxygen atoms in total. The second-order valence-electron chi connectivity index (χ2n) is 5.51. The average molecular weight is 339 g/mol. The second-order valence-corrected chi connectivity index (χ2v) is 5.51. The molecule has 0 aliphatic carbocycles. The Morgan fingerprint density at radius 1 is 1.00 bits per heavy atom. The van der Waals surface area contributed by atoms with Crippen molar-refractivity contribution >= 4 is 5.96 Å². The number of halogens is 4. The first-order valence-corrected chi connectivity index (χ1v) is 6.94. The van der Waals surface area contributed by atoms with Crippen molar-refractivity contribution < 1.29 is 22.7 Å².